The van der Waals surface area contributed by atoms with E-state index in [0.717, 1.165) is 25.9 Å². The lowest BCUT2D eigenvalue weighted by Gasteiger charge is -2.32. The van der Waals surface area contributed by atoms with E-state index in [4.69, 9.17) is 0 Å². The number of nitrogens with zero attached hydrogens (tertiary/aromatic N) is 3. The molecule has 0 unspecified atom stereocenters. The molecule has 154 valence electrons. The highest BCUT2D eigenvalue weighted by Crippen LogP contribution is 2.19. The molecule has 2 aromatic rings. The van der Waals surface area contributed by atoms with Crippen molar-refractivity contribution >= 4 is 11.8 Å². The third-order valence-corrected chi connectivity index (χ3v) is 5.77. The fourth-order valence-electron chi connectivity index (χ4n) is 4.03. The molecule has 2 aliphatic rings. The summed E-state index contributed by atoms with van der Waals surface area (Å²) in [6.45, 7) is 2.92. The molecule has 0 radical (unpaired) electrons. The van der Waals surface area contributed by atoms with E-state index in [0.29, 0.717) is 37.5 Å². The van der Waals surface area contributed by atoms with E-state index < -0.39 is 5.82 Å². The molecule has 1 aromatic carbocycles. The average Bonchev–Trinajstić information content (AvgIpc) is 3.25. The van der Waals surface area contributed by atoms with Gasteiger partial charge in [-0.15, -0.1) is 0 Å². The number of rotatable bonds is 4. The average molecular weight is 399 g/mol. The van der Waals surface area contributed by atoms with Crippen LogP contribution in [0.25, 0.3) is 0 Å². The maximum Gasteiger partial charge on any atom is 0.256 e. The molecule has 29 heavy (non-hydrogen) atoms. The van der Waals surface area contributed by atoms with E-state index in [-0.39, 0.29) is 23.4 Å². The van der Waals surface area contributed by atoms with Gasteiger partial charge in [-0.2, -0.15) is 5.10 Å². The maximum absolute atomic E-state index is 13.9. The molecular weight excluding hydrogens is 373 g/mol. The first kappa shape index (κ1) is 19.6. The van der Waals surface area contributed by atoms with Crippen molar-refractivity contribution in [2.24, 2.45) is 0 Å². The standard InChI is InChI=1S/C21H26FN5O2/c22-19-4-2-1-3-18(19)21(29)26-11-7-16(8-12-26)25-20(28)15-13-24-27(14-15)17-5-9-23-10-6-17/h1-4,13-14,16-17,23H,5-12H2,(H,25,28). The Hall–Kier alpha value is -2.74. The minimum Gasteiger partial charge on any atom is -0.349 e. The summed E-state index contributed by atoms with van der Waals surface area (Å²) in [4.78, 5) is 26.7. The van der Waals surface area contributed by atoms with Crippen LogP contribution in [-0.4, -0.2) is 58.7 Å². The highest BCUT2D eigenvalue weighted by Gasteiger charge is 2.26. The predicted molar refractivity (Wildman–Crippen MR) is 106 cm³/mol. The Bertz CT molecular complexity index is 869. The Kier molecular flexibility index (Phi) is 5.89. The molecule has 2 N–H and O–H groups in total. The summed E-state index contributed by atoms with van der Waals surface area (Å²) < 4.78 is 15.7. The van der Waals surface area contributed by atoms with Crippen LogP contribution in [0.15, 0.2) is 36.7 Å². The number of aromatic nitrogens is 2. The van der Waals surface area contributed by atoms with Crippen LogP contribution in [0.4, 0.5) is 4.39 Å². The number of amides is 2. The lowest BCUT2D eigenvalue weighted by molar-refractivity contribution is 0.0693. The van der Waals surface area contributed by atoms with E-state index in [1.807, 2.05) is 10.9 Å². The van der Waals surface area contributed by atoms with Crippen molar-refractivity contribution in [2.75, 3.05) is 26.2 Å². The van der Waals surface area contributed by atoms with Crippen LogP contribution < -0.4 is 10.6 Å². The Morgan fingerprint density at radius 3 is 2.55 bits per heavy atom. The summed E-state index contributed by atoms with van der Waals surface area (Å²) in [5, 5.41) is 10.7. The number of benzene rings is 1. The Morgan fingerprint density at radius 1 is 1.10 bits per heavy atom. The van der Waals surface area contributed by atoms with E-state index in [1.165, 1.54) is 12.1 Å². The number of carbonyl (C=O) groups excluding carboxylic acids is 2. The highest BCUT2D eigenvalue weighted by atomic mass is 19.1. The normalized spacial score (nSPS) is 18.6. The van der Waals surface area contributed by atoms with Gasteiger partial charge in [0.2, 0.25) is 0 Å². The molecule has 4 rings (SSSR count). The third kappa shape index (κ3) is 4.48. The second-order valence-corrected chi connectivity index (χ2v) is 7.71. The third-order valence-electron chi connectivity index (χ3n) is 5.77. The summed E-state index contributed by atoms with van der Waals surface area (Å²) in [6, 6.07) is 6.37. The maximum atomic E-state index is 13.9. The van der Waals surface area contributed by atoms with Crippen molar-refractivity contribution in [1.82, 2.24) is 25.3 Å². The first-order chi connectivity index (χ1) is 14.1. The van der Waals surface area contributed by atoms with Crippen LogP contribution in [0.1, 0.15) is 52.4 Å². The van der Waals surface area contributed by atoms with E-state index in [2.05, 4.69) is 15.7 Å². The van der Waals surface area contributed by atoms with Crippen LogP contribution >= 0.6 is 0 Å². The van der Waals surface area contributed by atoms with Crippen molar-refractivity contribution in [3.8, 4) is 0 Å². The largest absolute Gasteiger partial charge is 0.349 e. The zero-order valence-electron chi connectivity index (χ0n) is 16.3. The molecule has 2 fully saturated rings. The highest BCUT2D eigenvalue weighted by molar-refractivity contribution is 5.95. The van der Waals surface area contributed by atoms with Crippen molar-refractivity contribution in [2.45, 2.75) is 37.8 Å². The summed E-state index contributed by atoms with van der Waals surface area (Å²) >= 11 is 0. The van der Waals surface area contributed by atoms with Gasteiger partial charge in [-0.05, 0) is 50.9 Å². The smallest absolute Gasteiger partial charge is 0.256 e. The quantitative estimate of drug-likeness (QED) is 0.824. The second kappa shape index (κ2) is 8.73. The molecule has 3 heterocycles. The number of carbonyl (C=O) groups is 2. The van der Waals surface area contributed by atoms with Gasteiger partial charge in [-0.3, -0.25) is 14.3 Å². The minimum atomic E-state index is -0.501. The van der Waals surface area contributed by atoms with Gasteiger partial charge in [0, 0.05) is 25.3 Å². The first-order valence-corrected chi connectivity index (χ1v) is 10.2. The Morgan fingerprint density at radius 2 is 1.83 bits per heavy atom. The number of piperidine rings is 2. The van der Waals surface area contributed by atoms with Crippen molar-refractivity contribution in [1.29, 1.82) is 0 Å². The topological polar surface area (TPSA) is 79.3 Å². The molecule has 2 aliphatic heterocycles. The van der Waals surface area contributed by atoms with Gasteiger partial charge in [0.1, 0.15) is 5.82 Å². The van der Waals surface area contributed by atoms with Crippen LogP contribution in [0.3, 0.4) is 0 Å². The minimum absolute atomic E-state index is 0.00518. The van der Waals surface area contributed by atoms with Crippen molar-refractivity contribution < 1.29 is 14.0 Å². The first-order valence-electron chi connectivity index (χ1n) is 10.2. The van der Waals surface area contributed by atoms with Gasteiger partial charge in [-0.1, -0.05) is 12.1 Å². The number of hydrogen-bond donors (Lipinski definition) is 2. The summed E-state index contributed by atoms with van der Waals surface area (Å²) in [6.07, 6.45) is 6.76. The molecule has 0 spiro atoms. The number of halogens is 1. The number of hydrogen-bond acceptors (Lipinski definition) is 4. The molecular formula is C21H26FN5O2. The van der Waals surface area contributed by atoms with Crippen molar-refractivity contribution in [3.05, 3.63) is 53.6 Å². The van der Waals surface area contributed by atoms with E-state index in [9.17, 15) is 14.0 Å². The fraction of sp³-hybridized carbons (Fsp3) is 0.476. The van der Waals surface area contributed by atoms with Gasteiger partial charge < -0.3 is 15.5 Å². The van der Waals surface area contributed by atoms with Crippen LogP contribution in [-0.2, 0) is 0 Å². The molecule has 0 atom stereocenters. The zero-order valence-corrected chi connectivity index (χ0v) is 16.3. The lowest BCUT2D eigenvalue weighted by Crippen LogP contribution is -2.46. The number of likely N-dealkylation sites (tertiary alicyclic amines) is 1. The Balaban J connectivity index is 1.29. The van der Waals surface area contributed by atoms with Gasteiger partial charge in [-0.25, -0.2) is 4.39 Å². The Labute approximate surface area is 169 Å². The number of nitrogens with one attached hydrogen (secondary N) is 2. The van der Waals surface area contributed by atoms with Crippen molar-refractivity contribution in [3.63, 3.8) is 0 Å². The van der Waals surface area contributed by atoms with Crippen LogP contribution in [0, 0.1) is 5.82 Å². The molecule has 7 nitrogen and oxygen atoms in total. The summed E-state index contributed by atoms with van der Waals surface area (Å²) in [7, 11) is 0. The molecule has 1 aromatic heterocycles. The van der Waals surface area contributed by atoms with Gasteiger partial charge in [0.25, 0.3) is 11.8 Å². The van der Waals surface area contributed by atoms with Gasteiger partial charge >= 0.3 is 0 Å². The van der Waals surface area contributed by atoms with E-state index >= 15 is 0 Å². The SMILES string of the molecule is O=C(NC1CCN(C(=O)c2ccccc2F)CC1)c1cnn(C2CCNCC2)c1. The second-order valence-electron chi connectivity index (χ2n) is 7.71. The molecule has 2 saturated heterocycles. The molecule has 0 saturated carbocycles. The fourth-order valence-corrected chi connectivity index (χ4v) is 4.03. The zero-order chi connectivity index (χ0) is 20.2. The van der Waals surface area contributed by atoms with Crippen LogP contribution in [0.5, 0.6) is 0 Å². The molecule has 0 aliphatic carbocycles. The molecule has 8 heteroatoms. The lowest BCUT2D eigenvalue weighted by atomic mass is 10.0. The monoisotopic (exact) mass is 399 g/mol. The molecule has 0 bridgehead atoms. The van der Waals surface area contributed by atoms with Gasteiger partial charge in [0.15, 0.2) is 0 Å². The van der Waals surface area contributed by atoms with Gasteiger partial charge in [0.05, 0.1) is 23.4 Å². The van der Waals surface area contributed by atoms with Crippen LogP contribution in [0.2, 0.25) is 0 Å². The predicted octanol–water partition coefficient (Wildman–Crippen LogP) is 1.98. The van der Waals surface area contributed by atoms with E-state index in [1.54, 1.807) is 23.2 Å². The summed E-state index contributed by atoms with van der Waals surface area (Å²) in [5.41, 5.74) is 0.661. The summed E-state index contributed by atoms with van der Waals surface area (Å²) in [5.74, 6) is -0.932. The molecule has 2 amide bonds.